The van der Waals surface area contributed by atoms with Gasteiger partial charge in [-0.15, -0.1) is 0 Å². The Morgan fingerprint density at radius 3 is 2.25 bits per heavy atom. The molecule has 0 heterocycles. The highest BCUT2D eigenvalue weighted by Gasteiger charge is 2.17. The number of rotatable bonds is 4. The minimum atomic E-state index is -0.461. The molecule has 1 amide bonds. The number of nitriles is 1. The Morgan fingerprint density at radius 1 is 0.893 bits per heavy atom. The Morgan fingerprint density at radius 2 is 1.54 bits per heavy atom. The van der Waals surface area contributed by atoms with Crippen molar-refractivity contribution in [1.29, 1.82) is 5.26 Å². The number of methoxy groups -OCH3 is 1. The van der Waals surface area contributed by atoms with Crippen LogP contribution in [0.2, 0.25) is 0 Å². The minimum absolute atomic E-state index is 0.326. The predicted octanol–water partition coefficient (Wildman–Crippen LogP) is 4.57. The lowest BCUT2D eigenvalue weighted by Gasteiger charge is -2.14. The second kappa shape index (κ2) is 8.19. The molecule has 3 rings (SSSR count). The third kappa shape index (κ3) is 3.62. The van der Waals surface area contributed by atoms with Gasteiger partial charge in [-0.2, -0.15) is 5.26 Å². The molecular weight excluding hydrogens is 352 g/mol. The van der Waals surface area contributed by atoms with Crippen molar-refractivity contribution in [3.63, 3.8) is 0 Å². The van der Waals surface area contributed by atoms with Crippen molar-refractivity contribution < 1.29 is 14.3 Å². The number of amides is 1. The fourth-order valence-corrected chi connectivity index (χ4v) is 3.02. The van der Waals surface area contributed by atoms with Crippen LogP contribution in [0.4, 0.5) is 5.69 Å². The average molecular weight is 370 g/mol. The Balaban J connectivity index is 2.00. The molecule has 0 saturated heterocycles. The Hall–Kier alpha value is -3.91. The molecule has 3 aromatic rings. The standard InChI is InChI=1S/C23H18N2O3/c1-15-17(23(27)28-2)12-7-13-21(15)25-22(26)20-11-6-5-10-19(20)18-9-4-3-8-16(18)14-24/h3-13H,1-2H3,(H,25,26). The summed E-state index contributed by atoms with van der Waals surface area (Å²) in [5.74, 6) is -0.787. The van der Waals surface area contributed by atoms with Crippen LogP contribution < -0.4 is 5.32 Å². The van der Waals surface area contributed by atoms with E-state index in [0.717, 1.165) is 0 Å². The first-order chi connectivity index (χ1) is 13.6. The van der Waals surface area contributed by atoms with Gasteiger partial charge in [-0.3, -0.25) is 4.79 Å². The van der Waals surface area contributed by atoms with Gasteiger partial charge in [0, 0.05) is 16.8 Å². The van der Waals surface area contributed by atoms with Crippen LogP contribution in [0.1, 0.15) is 31.8 Å². The Bertz CT molecular complexity index is 1100. The molecule has 0 atom stereocenters. The maximum atomic E-state index is 13.0. The summed E-state index contributed by atoms with van der Waals surface area (Å²) in [5, 5.41) is 12.3. The zero-order valence-corrected chi connectivity index (χ0v) is 15.5. The molecule has 0 radical (unpaired) electrons. The highest BCUT2D eigenvalue weighted by atomic mass is 16.5. The normalized spacial score (nSPS) is 10.0. The summed E-state index contributed by atoms with van der Waals surface area (Å²) < 4.78 is 4.78. The van der Waals surface area contributed by atoms with E-state index >= 15 is 0 Å². The van der Waals surface area contributed by atoms with E-state index in [9.17, 15) is 14.9 Å². The van der Waals surface area contributed by atoms with Crippen LogP contribution in [0.15, 0.2) is 66.7 Å². The van der Waals surface area contributed by atoms with E-state index in [4.69, 9.17) is 4.74 Å². The van der Waals surface area contributed by atoms with Crippen LogP contribution in [0.5, 0.6) is 0 Å². The van der Waals surface area contributed by atoms with Crippen molar-refractivity contribution in [1.82, 2.24) is 0 Å². The molecule has 0 aromatic heterocycles. The molecule has 0 unspecified atom stereocenters. The summed E-state index contributed by atoms with van der Waals surface area (Å²) in [6, 6.07) is 21.5. The molecule has 1 N–H and O–H groups in total. The molecule has 138 valence electrons. The quantitative estimate of drug-likeness (QED) is 0.682. The van der Waals surface area contributed by atoms with Crippen molar-refractivity contribution >= 4 is 17.6 Å². The van der Waals surface area contributed by atoms with Gasteiger partial charge in [0.25, 0.3) is 5.91 Å². The van der Waals surface area contributed by atoms with Crippen LogP contribution in [0, 0.1) is 18.3 Å². The van der Waals surface area contributed by atoms with Crippen LogP contribution in [-0.4, -0.2) is 19.0 Å². The van der Waals surface area contributed by atoms with E-state index < -0.39 is 5.97 Å². The summed E-state index contributed by atoms with van der Waals surface area (Å²) in [7, 11) is 1.32. The van der Waals surface area contributed by atoms with Crippen LogP contribution >= 0.6 is 0 Å². The van der Waals surface area contributed by atoms with Gasteiger partial charge in [0.05, 0.1) is 24.3 Å². The Labute approximate surface area is 163 Å². The Kier molecular flexibility index (Phi) is 5.52. The van der Waals surface area contributed by atoms with Crippen molar-refractivity contribution in [2.24, 2.45) is 0 Å². The van der Waals surface area contributed by atoms with E-state index in [-0.39, 0.29) is 5.91 Å². The van der Waals surface area contributed by atoms with Gasteiger partial charge < -0.3 is 10.1 Å². The third-order valence-electron chi connectivity index (χ3n) is 4.50. The number of carbonyl (C=O) groups excluding carboxylic acids is 2. The van der Waals surface area contributed by atoms with Gasteiger partial charge in [0.2, 0.25) is 0 Å². The average Bonchev–Trinajstić information content (AvgIpc) is 2.74. The summed E-state index contributed by atoms with van der Waals surface area (Å²) >= 11 is 0. The molecule has 0 fully saturated rings. The summed E-state index contributed by atoms with van der Waals surface area (Å²) in [5.41, 5.74) is 3.83. The third-order valence-corrected chi connectivity index (χ3v) is 4.50. The first-order valence-corrected chi connectivity index (χ1v) is 8.64. The number of esters is 1. The number of hydrogen-bond donors (Lipinski definition) is 1. The number of hydrogen-bond acceptors (Lipinski definition) is 4. The minimum Gasteiger partial charge on any atom is -0.465 e. The molecule has 0 saturated carbocycles. The molecule has 5 nitrogen and oxygen atoms in total. The van der Waals surface area contributed by atoms with E-state index in [1.807, 2.05) is 24.3 Å². The van der Waals surface area contributed by atoms with Crippen LogP contribution in [-0.2, 0) is 4.74 Å². The van der Waals surface area contributed by atoms with Crippen molar-refractivity contribution in [3.05, 3.63) is 89.0 Å². The zero-order valence-electron chi connectivity index (χ0n) is 15.5. The van der Waals surface area contributed by atoms with Crippen LogP contribution in [0.25, 0.3) is 11.1 Å². The second-order valence-corrected chi connectivity index (χ2v) is 6.13. The number of ether oxygens (including phenoxy) is 1. The van der Waals surface area contributed by atoms with E-state index in [2.05, 4.69) is 11.4 Å². The number of nitrogens with one attached hydrogen (secondary N) is 1. The lowest BCUT2D eigenvalue weighted by atomic mass is 9.95. The molecule has 3 aromatic carbocycles. The monoisotopic (exact) mass is 370 g/mol. The van der Waals surface area contributed by atoms with Crippen molar-refractivity contribution in [3.8, 4) is 17.2 Å². The molecule has 0 aliphatic heterocycles. The van der Waals surface area contributed by atoms with Gasteiger partial charge >= 0.3 is 5.97 Å². The molecule has 5 heteroatoms. The van der Waals surface area contributed by atoms with Gasteiger partial charge in [-0.1, -0.05) is 42.5 Å². The summed E-state index contributed by atoms with van der Waals surface area (Å²) in [4.78, 5) is 24.9. The number of carbonyl (C=O) groups is 2. The number of nitrogens with zero attached hydrogens (tertiary/aromatic N) is 1. The highest BCUT2D eigenvalue weighted by Crippen LogP contribution is 2.28. The van der Waals surface area contributed by atoms with E-state index in [1.54, 1.807) is 49.4 Å². The zero-order chi connectivity index (χ0) is 20.1. The lowest BCUT2D eigenvalue weighted by Crippen LogP contribution is -2.15. The van der Waals surface area contributed by atoms with Crippen LogP contribution in [0.3, 0.4) is 0 Å². The molecule has 0 aliphatic rings. The van der Waals surface area contributed by atoms with Gasteiger partial charge in [0.15, 0.2) is 0 Å². The van der Waals surface area contributed by atoms with Crippen molar-refractivity contribution in [2.45, 2.75) is 6.92 Å². The lowest BCUT2D eigenvalue weighted by molar-refractivity contribution is 0.0599. The fraction of sp³-hybridized carbons (Fsp3) is 0.0870. The summed E-state index contributed by atoms with van der Waals surface area (Å²) in [6.07, 6.45) is 0. The molecule has 28 heavy (non-hydrogen) atoms. The number of benzene rings is 3. The summed E-state index contributed by atoms with van der Waals surface area (Å²) in [6.45, 7) is 1.75. The maximum absolute atomic E-state index is 13.0. The van der Waals surface area contributed by atoms with E-state index in [0.29, 0.717) is 39.1 Å². The van der Waals surface area contributed by atoms with Gasteiger partial charge in [-0.25, -0.2) is 4.79 Å². The largest absolute Gasteiger partial charge is 0.465 e. The maximum Gasteiger partial charge on any atom is 0.338 e. The predicted molar refractivity (Wildman–Crippen MR) is 107 cm³/mol. The molecule has 0 spiro atoms. The molecule has 0 aliphatic carbocycles. The second-order valence-electron chi connectivity index (χ2n) is 6.13. The topological polar surface area (TPSA) is 79.2 Å². The number of anilines is 1. The molecule has 0 bridgehead atoms. The van der Waals surface area contributed by atoms with Gasteiger partial charge in [0.1, 0.15) is 0 Å². The van der Waals surface area contributed by atoms with E-state index in [1.165, 1.54) is 7.11 Å². The fourth-order valence-electron chi connectivity index (χ4n) is 3.02. The smallest absolute Gasteiger partial charge is 0.338 e. The van der Waals surface area contributed by atoms with Gasteiger partial charge in [-0.05, 0) is 42.3 Å². The SMILES string of the molecule is COC(=O)c1cccc(NC(=O)c2ccccc2-c2ccccc2C#N)c1C. The molecular formula is C23H18N2O3. The first-order valence-electron chi connectivity index (χ1n) is 8.64. The first kappa shape index (κ1) is 18.9. The highest BCUT2D eigenvalue weighted by molar-refractivity contribution is 6.09. The van der Waals surface area contributed by atoms with Crippen molar-refractivity contribution in [2.75, 3.05) is 12.4 Å².